The molecule has 11 nitrogen and oxygen atoms in total. The first-order valence-corrected chi connectivity index (χ1v) is 15.1. The zero-order valence-corrected chi connectivity index (χ0v) is 22.3. The number of aromatic hydroxyl groups is 1. The molecule has 1 aliphatic rings. The smallest absolute Gasteiger partial charge is 0.286 e. The second-order valence-electron chi connectivity index (χ2n) is 8.90. The Labute approximate surface area is 212 Å². The van der Waals surface area contributed by atoms with Gasteiger partial charge in [0, 0.05) is 5.69 Å². The molecule has 36 heavy (non-hydrogen) atoms. The monoisotopic (exact) mass is 551 g/mol. The van der Waals surface area contributed by atoms with E-state index in [1.165, 1.54) is 28.2 Å². The summed E-state index contributed by atoms with van der Waals surface area (Å²) in [5.41, 5.74) is -0.764. The van der Waals surface area contributed by atoms with Crippen molar-refractivity contribution in [1.29, 1.82) is 0 Å². The van der Waals surface area contributed by atoms with E-state index in [1.807, 2.05) is 20.8 Å². The summed E-state index contributed by atoms with van der Waals surface area (Å²) in [6.45, 7) is 5.84. The number of amidine groups is 1. The number of benzene rings is 1. The summed E-state index contributed by atoms with van der Waals surface area (Å²) in [5.74, 6) is -0.585. The van der Waals surface area contributed by atoms with Crippen LogP contribution in [0.15, 0.2) is 49.8 Å². The van der Waals surface area contributed by atoms with Crippen molar-refractivity contribution in [1.82, 2.24) is 9.78 Å². The molecule has 192 valence electrons. The second kappa shape index (κ2) is 9.33. The Kier molecular flexibility index (Phi) is 6.70. The third-order valence-electron chi connectivity index (χ3n) is 5.34. The molecule has 14 heteroatoms. The summed E-state index contributed by atoms with van der Waals surface area (Å²) in [6, 6.07) is 7.02. The lowest BCUT2D eigenvalue weighted by Gasteiger charge is -2.22. The van der Waals surface area contributed by atoms with E-state index >= 15 is 0 Å². The van der Waals surface area contributed by atoms with Crippen LogP contribution in [0.4, 0.5) is 11.4 Å². The number of nitrogens with zero attached hydrogens (tertiary/aromatic N) is 3. The molecule has 1 unspecified atom stereocenters. The first-order chi connectivity index (χ1) is 16.8. The van der Waals surface area contributed by atoms with Gasteiger partial charge in [-0.3, -0.25) is 9.52 Å². The van der Waals surface area contributed by atoms with Gasteiger partial charge in [0.1, 0.15) is 16.2 Å². The number of sulfonamides is 2. The minimum atomic E-state index is -4.36. The van der Waals surface area contributed by atoms with Gasteiger partial charge in [-0.25, -0.2) is 13.1 Å². The highest BCUT2D eigenvalue weighted by molar-refractivity contribution is 7.92. The zero-order valence-electron chi connectivity index (χ0n) is 19.9. The Morgan fingerprint density at radius 3 is 2.56 bits per heavy atom. The molecule has 4 rings (SSSR count). The van der Waals surface area contributed by atoms with Crippen LogP contribution in [0.1, 0.15) is 38.8 Å². The van der Waals surface area contributed by atoms with Gasteiger partial charge in [-0.2, -0.15) is 13.5 Å². The van der Waals surface area contributed by atoms with Crippen molar-refractivity contribution in [2.75, 3.05) is 16.3 Å². The molecular weight excluding hydrogens is 526 g/mol. The normalized spacial score (nSPS) is 15.6. The highest BCUT2D eigenvalue weighted by Gasteiger charge is 2.32. The maximum absolute atomic E-state index is 13.5. The number of fused-ring (bicyclic) bond motifs is 1. The van der Waals surface area contributed by atoms with Crippen LogP contribution in [0.5, 0.6) is 5.75 Å². The van der Waals surface area contributed by atoms with Gasteiger partial charge >= 0.3 is 0 Å². The fourth-order valence-corrected chi connectivity index (χ4v) is 6.37. The summed E-state index contributed by atoms with van der Waals surface area (Å²) in [7, 11) is -7.99. The lowest BCUT2D eigenvalue weighted by atomic mass is 10.0. The van der Waals surface area contributed by atoms with E-state index in [9.17, 15) is 26.7 Å². The molecule has 3 N–H and O–H groups in total. The maximum Gasteiger partial charge on any atom is 0.286 e. The van der Waals surface area contributed by atoms with E-state index in [0.717, 1.165) is 12.3 Å². The van der Waals surface area contributed by atoms with E-state index < -0.39 is 31.4 Å². The average molecular weight is 552 g/mol. The molecule has 0 fully saturated rings. The van der Waals surface area contributed by atoms with Crippen LogP contribution >= 0.6 is 11.3 Å². The van der Waals surface area contributed by atoms with E-state index in [0.29, 0.717) is 11.3 Å². The molecule has 0 amide bonds. The highest BCUT2D eigenvalue weighted by atomic mass is 32.2. The van der Waals surface area contributed by atoms with Crippen molar-refractivity contribution >= 4 is 48.6 Å². The molecule has 1 atom stereocenters. The van der Waals surface area contributed by atoms with Crippen molar-refractivity contribution in [2.45, 2.75) is 38.1 Å². The van der Waals surface area contributed by atoms with Crippen LogP contribution in [0.3, 0.4) is 0 Å². The van der Waals surface area contributed by atoms with Gasteiger partial charge in [0.25, 0.3) is 15.6 Å². The third-order valence-corrected chi connectivity index (χ3v) is 8.14. The quantitative estimate of drug-likeness (QED) is 0.403. The molecule has 0 radical (unpaired) electrons. The second-order valence-corrected chi connectivity index (χ2v) is 13.2. The fraction of sp³-hybridized carbons (Fsp3) is 0.318. The van der Waals surface area contributed by atoms with Crippen molar-refractivity contribution in [3.8, 4) is 16.3 Å². The molecule has 2 aromatic heterocycles. The van der Waals surface area contributed by atoms with Crippen LogP contribution in [0.25, 0.3) is 10.6 Å². The number of rotatable bonds is 7. The Hall–Kier alpha value is -3.23. The number of nitrogens with one attached hydrogen (secondary N) is 2. The average Bonchev–Trinajstić information content (AvgIpc) is 3.27. The number of thiophene rings is 1. The Morgan fingerprint density at radius 2 is 1.94 bits per heavy atom. The Bertz CT molecular complexity index is 1620. The van der Waals surface area contributed by atoms with Gasteiger partial charge in [-0.15, -0.1) is 15.7 Å². The largest absolute Gasteiger partial charge is 0.505 e. The number of aromatic nitrogens is 2. The lowest BCUT2D eigenvalue weighted by molar-refractivity contribution is 0.378. The summed E-state index contributed by atoms with van der Waals surface area (Å²) < 4.78 is 56.5. The van der Waals surface area contributed by atoms with E-state index in [-0.39, 0.29) is 45.3 Å². The zero-order chi connectivity index (χ0) is 26.4. The van der Waals surface area contributed by atoms with Gasteiger partial charge in [-0.05, 0) is 48.9 Å². The van der Waals surface area contributed by atoms with Gasteiger partial charge in [0.15, 0.2) is 11.6 Å². The van der Waals surface area contributed by atoms with Crippen molar-refractivity contribution in [2.24, 2.45) is 10.3 Å². The van der Waals surface area contributed by atoms with Gasteiger partial charge in [0.2, 0.25) is 10.0 Å². The standard InChI is InChI=1S/C22H25N5O6S3/c1-12(2)10-13(3)27-22(29)18(20(28)19(24-27)16-6-5-9-34-16)21-23-15-8-7-14(25-35(4,30)31)11-17(15)36(32,33)26-21/h5-9,11-13,25,28H,10H2,1-4H3,(H,23,26). The summed E-state index contributed by atoms with van der Waals surface area (Å²) in [6.07, 6.45) is 1.57. The molecule has 0 saturated heterocycles. The molecule has 0 aliphatic carbocycles. The summed E-state index contributed by atoms with van der Waals surface area (Å²) in [5, 5.41) is 20.1. The van der Waals surface area contributed by atoms with Crippen LogP contribution in [-0.2, 0) is 20.0 Å². The predicted molar refractivity (Wildman–Crippen MR) is 140 cm³/mol. The van der Waals surface area contributed by atoms with Crippen molar-refractivity contribution < 1.29 is 21.9 Å². The minimum absolute atomic E-state index is 0.0388. The molecule has 0 spiro atoms. The molecule has 0 saturated carbocycles. The van der Waals surface area contributed by atoms with Crippen LogP contribution in [0, 0.1) is 5.92 Å². The van der Waals surface area contributed by atoms with Crippen LogP contribution in [-0.4, -0.2) is 43.8 Å². The van der Waals surface area contributed by atoms with Crippen LogP contribution < -0.4 is 15.6 Å². The molecule has 1 aromatic carbocycles. The lowest BCUT2D eigenvalue weighted by Crippen LogP contribution is -2.35. The number of hydrogen-bond donors (Lipinski definition) is 3. The predicted octanol–water partition coefficient (Wildman–Crippen LogP) is 3.22. The maximum atomic E-state index is 13.5. The Balaban J connectivity index is 1.90. The number of hydrogen-bond acceptors (Lipinski definition) is 9. The SMILES string of the molecule is CC(C)CC(C)n1nc(-c2cccs2)c(O)c(C2=NS(=O)(=O)c3cc(NS(C)(=O)=O)ccc3N2)c1=O. The first-order valence-electron chi connectivity index (χ1n) is 10.9. The topological polar surface area (TPSA) is 160 Å². The number of anilines is 2. The molecular formula is C22H25N5O6S3. The molecule has 0 bridgehead atoms. The minimum Gasteiger partial charge on any atom is -0.505 e. The van der Waals surface area contributed by atoms with E-state index in [4.69, 9.17) is 0 Å². The summed E-state index contributed by atoms with van der Waals surface area (Å²) >= 11 is 1.31. The van der Waals surface area contributed by atoms with Crippen LogP contribution in [0.2, 0.25) is 0 Å². The summed E-state index contributed by atoms with van der Waals surface area (Å²) in [4.78, 5) is 13.8. The van der Waals surface area contributed by atoms with Crippen molar-refractivity contribution in [3.63, 3.8) is 0 Å². The van der Waals surface area contributed by atoms with Crippen molar-refractivity contribution in [3.05, 3.63) is 51.6 Å². The van der Waals surface area contributed by atoms with E-state index in [2.05, 4.69) is 19.5 Å². The molecule has 3 aromatic rings. The molecule has 1 aliphatic heterocycles. The third kappa shape index (κ3) is 5.15. The molecule has 3 heterocycles. The fourth-order valence-electron chi connectivity index (χ4n) is 3.95. The van der Waals surface area contributed by atoms with Gasteiger partial charge < -0.3 is 10.4 Å². The van der Waals surface area contributed by atoms with Gasteiger partial charge in [0.05, 0.1) is 22.9 Å². The van der Waals surface area contributed by atoms with Gasteiger partial charge in [-0.1, -0.05) is 19.9 Å². The van der Waals surface area contributed by atoms with E-state index in [1.54, 1.807) is 17.5 Å². The Morgan fingerprint density at radius 1 is 1.22 bits per heavy atom. The first kappa shape index (κ1) is 25.9. The highest BCUT2D eigenvalue weighted by Crippen LogP contribution is 2.36.